The van der Waals surface area contributed by atoms with Crippen molar-refractivity contribution in [1.82, 2.24) is 9.97 Å². The van der Waals surface area contributed by atoms with E-state index in [2.05, 4.69) is 15.3 Å². The number of nitro groups is 1. The van der Waals surface area contributed by atoms with Crippen LogP contribution in [0.2, 0.25) is 5.15 Å². The Kier molecular flexibility index (Phi) is 3.79. The van der Waals surface area contributed by atoms with Gasteiger partial charge in [0.1, 0.15) is 6.33 Å². The molecule has 1 rings (SSSR count). The summed E-state index contributed by atoms with van der Waals surface area (Å²) in [6.07, 6.45) is 1.19. The standard InChI is InChI=1S/C8H11ClN4O2/c1-5(2)3-10-8-6(13(14)15)7(9)11-4-12-8/h4-5H,3H2,1-2H3,(H,10,11,12). The molecule has 0 amide bonds. The first-order valence-electron chi connectivity index (χ1n) is 4.41. The zero-order chi connectivity index (χ0) is 11.4. The molecule has 6 nitrogen and oxygen atoms in total. The highest BCUT2D eigenvalue weighted by Gasteiger charge is 2.21. The number of aromatic nitrogens is 2. The Balaban J connectivity index is 2.96. The second-order valence-corrected chi connectivity index (χ2v) is 3.75. The third kappa shape index (κ3) is 3.02. The van der Waals surface area contributed by atoms with Crippen LogP contribution in [-0.4, -0.2) is 21.4 Å². The van der Waals surface area contributed by atoms with E-state index in [9.17, 15) is 10.1 Å². The molecule has 0 saturated carbocycles. The fourth-order valence-corrected chi connectivity index (χ4v) is 1.15. The highest BCUT2D eigenvalue weighted by atomic mass is 35.5. The SMILES string of the molecule is CC(C)CNc1ncnc(Cl)c1[N+](=O)[O-]. The van der Waals surface area contributed by atoms with Crippen molar-refractivity contribution in [3.8, 4) is 0 Å². The van der Waals surface area contributed by atoms with Gasteiger partial charge >= 0.3 is 5.69 Å². The van der Waals surface area contributed by atoms with Gasteiger partial charge in [0.05, 0.1) is 4.92 Å². The second kappa shape index (κ2) is 4.88. The Morgan fingerprint density at radius 3 is 2.80 bits per heavy atom. The molecule has 82 valence electrons. The van der Waals surface area contributed by atoms with Gasteiger partial charge in [0, 0.05) is 6.54 Å². The van der Waals surface area contributed by atoms with E-state index in [0.717, 1.165) is 0 Å². The van der Waals surface area contributed by atoms with Gasteiger partial charge in [-0.05, 0) is 5.92 Å². The normalized spacial score (nSPS) is 10.4. The summed E-state index contributed by atoms with van der Waals surface area (Å²) >= 11 is 5.61. The second-order valence-electron chi connectivity index (χ2n) is 3.39. The molecule has 0 aliphatic rings. The van der Waals surface area contributed by atoms with Crippen LogP contribution in [0.15, 0.2) is 6.33 Å². The summed E-state index contributed by atoms with van der Waals surface area (Å²) in [5.74, 6) is 0.520. The average Bonchev–Trinajstić information content (AvgIpc) is 2.13. The van der Waals surface area contributed by atoms with Crippen molar-refractivity contribution >= 4 is 23.1 Å². The summed E-state index contributed by atoms with van der Waals surface area (Å²) in [4.78, 5) is 17.4. The van der Waals surface area contributed by atoms with Gasteiger partial charge in [0.15, 0.2) is 0 Å². The van der Waals surface area contributed by atoms with Crippen molar-refractivity contribution in [2.45, 2.75) is 13.8 Å². The monoisotopic (exact) mass is 230 g/mol. The van der Waals surface area contributed by atoms with Crippen LogP contribution in [0.25, 0.3) is 0 Å². The fourth-order valence-electron chi connectivity index (χ4n) is 0.949. The number of hydrogen-bond acceptors (Lipinski definition) is 5. The number of hydrogen-bond donors (Lipinski definition) is 1. The lowest BCUT2D eigenvalue weighted by Gasteiger charge is -2.07. The molecule has 0 aliphatic heterocycles. The van der Waals surface area contributed by atoms with Crippen LogP contribution >= 0.6 is 11.6 Å². The van der Waals surface area contributed by atoms with Crippen molar-refractivity contribution in [1.29, 1.82) is 0 Å². The van der Waals surface area contributed by atoms with Crippen LogP contribution in [0.5, 0.6) is 0 Å². The van der Waals surface area contributed by atoms with Crippen molar-refractivity contribution in [3.05, 3.63) is 21.6 Å². The molecule has 0 aromatic carbocycles. The quantitative estimate of drug-likeness (QED) is 0.487. The largest absolute Gasteiger partial charge is 0.364 e. The van der Waals surface area contributed by atoms with Gasteiger partial charge in [-0.25, -0.2) is 9.97 Å². The molecule has 0 unspecified atom stereocenters. The van der Waals surface area contributed by atoms with Crippen LogP contribution in [0.3, 0.4) is 0 Å². The zero-order valence-electron chi connectivity index (χ0n) is 8.40. The molecular weight excluding hydrogens is 220 g/mol. The van der Waals surface area contributed by atoms with E-state index in [1.54, 1.807) is 0 Å². The highest BCUT2D eigenvalue weighted by Crippen LogP contribution is 2.28. The fraction of sp³-hybridized carbons (Fsp3) is 0.500. The van der Waals surface area contributed by atoms with E-state index in [-0.39, 0.29) is 16.7 Å². The van der Waals surface area contributed by atoms with Crippen molar-refractivity contribution < 1.29 is 4.92 Å². The molecule has 0 bridgehead atoms. The number of rotatable bonds is 4. The van der Waals surface area contributed by atoms with E-state index in [1.807, 2.05) is 13.8 Å². The summed E-state index contributed by atoms with van der Waals surface area (Å²) in [5.41, 5.74) is -0.278. The van der Waals surface area contributed by atoms with Crippen molar-refractivity contribution in [2.24, 2.45) is 5.92 Å². The summed E-state index contributed by atoms with van der Waals surface area (Å²) in [6, 6.07) is 0. The Labute approximate surface area is 91.8 Å². The molecule has 0 aliphatic carbocycles. The molecule has 1 aromatic rings. The van der Waals surface area contributed by atoms with Crippen LogP contribution in [0.1, 0.15) is 13.8 Å². The first-order valence-corrected chi connectivity index (χ1v) is 4.79. The van der Waals surface area contributed by atoms with E-state index in [1.165, 1.54) is 6.33 Å². The Morgan fingerprint density at radius 1 is 1.60 bits per heavy atom. The van der Waals surface area contributed by atoms with Crippen molar-refractivity contribution in [2.75, 3.05) is 11.9 Å². The first-order chi connectivity index (χ1) is 7.02. The van der Waals surface area contributed by atoms with Gasteiger partial charge in [-0.3, -0.25) is 10.1 Å². The number of nitrogens with zero attached hydrogens (tertiary/aromatic N) is 3. The molecule has 0 atom stereocenters. The van der Waals surface area contributed by atoms with Crippen LogP contribution in [-0.2, 0) is 0 Å². The van der Waals surface area contributed by atoms with Crippen LogP contribution in [0, 0.1) is 16.0 Å². The smallest absolute Gasteiger partial charge is 0.348 e. The minimum absolute atomic E-state index is 0.152. The summed E-state index contributed by atoms with van der Waals surface area (Å²) in [7, 11) is 0. The molecule has 1 N–H and O–H groups in total. The number of halogens is 1. The highest BCUT2D eigenvalue weighted by molar-refractivity contribution is 6.31. The minimum Gasteiger partial charge on any atom is -0.364 e. The summed E-state index contributed by atoms with van der Waals surface area (Å²) in [5, 5.41) is 13.4. The maximum atomic E-state index is 10.7. The Bertz CT molecular complexity index is 370. The maximum Gasteiger partial charge on any atom is 0.348 e. The molecule has 15 heavy (non-hydrogen) atoms. The lowest BCUT2D eigenvalue weighted by molar-refractivity contribution is -0.384. The molecule has 0 saturated heterocycles. The van der Waals surface area contributed by atoms with Gasteiger partial charge in [0.2, 0.25) is 11.0 Å². The zero-order valence-corrected chi connectivity index (χ0v) is 9.15. The summed E-state index contributed by atoms with van der Waals surface area (Å²) in [6.45, 7) is 4.57. The predicted molar refractivity (Wildman–Crippen MR) is 57.0 cm³/mol. The first kappa shape index (κ1) is 11.6. The third-order valence-electron chi connectivity index (χ3n) is 1.64. The topological polar surface area (TPSA) is 81.0 Å². The lowest BCUT2D eigenvalue weighted by Crippen LogP contribution is -2.11. The Hall–Kier alpha value is -1.43. The number of anilines is 1. The van der Waals surface area contributed by atoms with Crippen LogP contribution < -0.4 is 5.32 Å². The molecule has 1 heterocycles. The van der Waals surface area contributed by atoms with E-state index >= 15 is 0 Å². The van der Waals surface area contributed by atoms with Gasteiger partial charge < -0.3 is 5.32 Å². The van der Waals surface area contributed by atoms with Gasteiger partial charge in [-0.15, -0.1) is 0 Å². The van der Waals surface area contributed by atoms with E-state index < -0.39 is 4.92 Å². The minimum atomic E-state index is -0.592. The maximum absolute atomic E-state index is 10.7. The molecular formula is C8H11ClN4O2. The predicted octanol–water partition coefficient (Wildman–Crippen LogP) is 2.11. The van der Waals surface area contributed by atoms with Gasteiger partial charge in [-0.2, -0.15) is 0 Å². The van der Waals surface area contributed by atoms with Crippen molar-refractivity contribution in [3.63, 3.8) is 0 Å². The third-order valence-corrected chi connectivity index (χ3v) is 1.91. The van der Waals surface area contributed by atoms with Gasteiger partial charge in [0.25, 0.3) is 0 Å². The average molecular weight is 231 g/mol. The van der Waals surface area contributed by atoms with Gasteiger partial charge in [-0.1, -0.05) is 25.4 Å². The molecule has 0 spiro atoms. The van der Waals surface area contributed by atoms with Crippen LogP contribution in [0.4, 0.5) is 11.5 Å². The number of nitrogens with one attached hydrogen (secondary N) is 1. The molecule has 7 heteroatoms. The lowest BCUT2D eigenvalue weighted by atomic mass is 10.2. The van der Waals surface area contributed by atoms with E-state index in [0.29, 0.717) is 12.5 Å². The molecule has 0 radical (unpaired) electrons. The summed E-state index contributed by atoms with van der Waals surface area (Å²) < 4.78 is 0. The van der Waals surface area contributed by atoms with E-state index in [4.69, 9.17) is 11.6 Å². The molecule has 1 aromatic heterocycles. The molecule has 0 fully saturated rings. The Morgan fingerprint density at radius 2 is 2.27 bits per heavy atom.